The molecule has 19 heavy (non-hydrogen) atoms. The van der Waals surface area contributed by atoms with Crippen LogP contribution in [0.1, 0.15) is 21.5 Å². The molecular weight excluding hydrogens is 242 g/mol. The summed E-state index contributed by atoms with van der Waals surface area (Å²) in [7, 11) is 1.75. The number of carbonyl (C=O) groups is 1. The molecule has 0 radical (unpaired) electrons. The van der Waals surface area contributed by atoms with Crippen molar-refractivity contribution in [3.63, 3.8) is 0 Å². The van der Waals surface area contributed by atoms with Gasteiger partial charge in [0.2, 0.25) is 0 Å². The molecule has 2 aromatic rings. The molecule has 0 unspecified atom stereocenters. The quantitative estimate of drug-likeness (QED) is 0.570. The number of hydrogen-bond donors (Lipinski definition) is 3. The minimum absolute atomic E-state index is 0.0853. The molecule has 0 bridgehead atoms. The molecular formula is C13H17N5O. The molecule has 0 fully saturated rings. The van der Waals surface area contributed by atoms with E-state index in [1.807, 2.05) is 19.1 Å². The van der Waals surface area contributed by atoms with Crippen molar-refractivity contribution < 1.29 is 4.79 Å². The first-order chi connectivity index (χ1) is 9.11. The number of rotatable bonds is 4. The van der Waals surface area contributed by atoms with E-state index in [2.05, 4.69) is 15.6 Å². The summed E-state index contributed by atoms with van der Waals surface area (Å²) in [6, 6.07) is 5.53. The predicted octanol–water partition coefficient (Wildman–Crippen LogP) is 1.28. The number of amides is 1. The summed E-state index contributed by atoms with van der Waals surface area (Å²) in [5.74, 6) is 5.35. The SMILES string of the molecule is Cc1ccc(NN)c(C(=O)N(C)Cc2cn[nH]c2)c1. The average Bonchev–Trinajstić information content (AvgIpc) is 2.90. The fourth-order valence-electron chi connectivity index (χ4n) is 1.88. The lowest BCUT2D eigenvalue weighted by atomic mass is 10.1. The monoisotopic (exact) mass is 259 g/mol. The topological polar surface area (TPSA) is 87.0 Å². The highest BCUT2D eigenvalue weighted by Crippen LogP contribution is 2.18. The van der Waals surface area contributed by atoms with Gasteiger partial charge in [0.15, 0.2) is 0 Å². The molecule has 1 aromatic heterocycles. The lowest BCUT2D eigenvalue weighted by molar-refractivity contribution is 0.0786. The van der Waals surface area contributed by atoms with Crippen LogP contribution >= 0.6 is 0 Å². The van der Waals surface area contributed by atoms with E-state index in [1.165, 1.54) is 0 Å². The minimum Gasteiger partial charge on any atom is -0.337 e. The number of hydrazine groups is 1. The van der Waals surface area contributed by atoms with Crippen LogP contribution < -0.4 is 11.3 Å². The molecule has 0 atom stereocenters. The third-order valence-corrected chi connectivity index (χ3v) is 2.88. The highest BCUT2D eigenvalue weighted by atomic mass is 16.2. The van der Waals surface area contributed by atoms with Crippen LogP contribution in [0, 0.1) is 6.92 Å². The molecule has 1 aromatic carbocycles. The van der Waals surface area contributed by atoms with Crippen molar-refractivity contribution in [3.05, 3.63) is 47.3 Å². The molecule has 100 valence electrons. The summed E-state index contributed by atoms with van der Waals surface area (Å²) in [6.45, 7) is 2.43. The van der Waals surface area contributed by atoms with Crippen molar-refractivity contribution in [2.75, 3.05) is 12.5 Å². The molecule has 1 amide bonds. The van der Waals surface area contributed by atoms with Crippen LogP contribution in [-0.4, -0.2) is 28.1 Å². The zero-order valence-electron chi connectivity index (χ0n) is 11.0. The van der Waals surface area contributed by atoms with Crippen LogP contribution in [0.5, 0.6) is 0 Å². The molecule has 1 heterocycles. The van der Waals surface area contributed by atoms with Crippen molar-refractivity contribution in [1.82, 2.24) is 15.1 Å². The van der Waals surface area contributed by atoms with E-state index < -0.39 is 0 Å². The number of nitrogens with zero attached hydrogens (tertiary/aromatic N) is 2. The molecule has 0 aliphatic carbocycles. The lowest BCUT2D eigenvalue weighted by Crippen LogP contribution is -2.27. The van der Waals surface area contributed by atoms with Crippen molar-refractivity contribution >= 4 is 11.6 Å². The van der Waals surface area contributed by atoms with Gasteiger partial charge in [-0.1, -0.05) is 11.6 Å². The highest BCUT2D eigenvalue weighted by molar-refractivity contribution is 5.99. The van der Waals surface area contributed by atoms with E-state index in [-0.39, 0.29) is 5.91 Å². The van der Waals surface area contributed by atoms with Crippen LogP contribution in [0.3, 0.4) is 0 Å². The second kappa shape index (κ2) is 5.53. The maximum absolute atomic E-state index is 12.4. The Balaban J connectivity index is 2.21. The van der Waals surface area contributed by atoms with Crippen molar-refractivity contribution in [2.45, 2.75) is 13.5 Å². The largest absolute Gasteiger partial charge is 0.337 e. The van der Waals surface area contributed by atoms with Gasteiger partial charge in [0.05, 0.1) is 17.4 Å². The summed E-state index contributed by atoms with van der Waals surface area (Å²) in [4.78, 5) is 14.0. The van der Waals surface area contributed by atoms with Gasteiger partial charge in [-0.15, -0.1) is 0 Å². The molecule has 0 spiro atoms. The first-order valence-electron chi connectivity index (χ1n) is 5.92. The highest BCUT2D eigenvalue weighted by Gasteiger charge is 2.16. The van der Waals surface area contributed by atoms with Gasteiger partial charge >= 0.3 is 0 Å². The normalized spacial score (nSPS) is 10.3. The average molecular weight is 259 g/mol. The molecule has 6 nitrogen and oxygen atoms in total. The van der Waals surface area contributed by atoms with E-state index in [0.717, 1.165) is 11.1 Å². The number of carbonyl (C=O) groups excluding carboxylic acids is 1. The van der Waals surface area contributed by atoms with Gasteiger partial charge in [-0.05, 0) is 19.1 Å². The number of nitrogen functional groups attached to an aromatic ring is 1. The van der Waals surface area contributed by atoms with Crippen molar-refractivity contribution in [3.8, 4) is 0 Å². The Hall–Kier alpha value is -2.34. The van der Waals surface area contributed by atoms with E-state index in [4.69, 9.17) is 5.84 Å². The Labute approximate surface area is 111 Å². The third-order valence-electron chi connectivity index (χ3n) is 2.88. The van der Waals surface area contributed by atoms with Gasteiger partial charge in [-0.2, -0.15) is 5.10 Å². The first kappa shape index (κ1) is 13.1. The predicted molar refractivity (Wildman–Crippen MR) is 73.4 cm³/mol. The van der Waals surface area contributed by atoms with Gasteiger partial charge in [0, 0.05) is 25.4 Å². The zero-order valence-corrected chi connectivity index (χ0v) is 11.0. The van der Waals surface area contributed by atoms with Crippen molar-refractivity contribution in [1.29, 1.82) is 0 Å². The standard InChI is InChI=1S/C13H17N5O/c1-9-3-4-12(17-14)11(5-9)13(19)18(2)8-10-6-15-16-7-10/h3-7,17H,8,14H2,1-2H3,(H,15,16). The Morgan fingerprint density at radius 1 is 1.53 bits per heavy atom. The fourth-order valence-corrected chi connectivity index (χ4v) is 1.88. The van der Waals surface area contributed by atoms with E-state index >= 15 is 0 Å². The molecule has 6 heteroatoms. The van der Waals surface area contributed by atoms with Gasteiger partial charge in [0.1, 0.15) is 0 Å². The molecule has 0 aliphatic heterocycles. The van der Waals surface area contributed by atoms with Crippen LogP contribution in [0.2, 0.25) is 0 Å². The maximum Gasteiger partial charge on any atom is 0.256 e. The molecule has 0 saturated heterocycles. The third kappa shape index (κ3) is 2.92. The number of aryl methyl sites for hydroxylation is 1. The smallest absolute Gasteiger partial charge is 0.256 e. The summed E-state index contributed by atoms with van der Waals surface area (Å²) in [5.41, 5.74) is 5.70. The van der Waals surface area contributed by atoms with Gasteiger partial charge in [-0.25, -0.2) is 0 Å². The van der Waals surface area contributed by atoms with Crippen LogP contribution in [0.25, 0.3) is 0 Å². The fraction of sp³-hybridized carbons (Fsp3) is 0.231. The number of H-pyrrole nitrogens is 1. The van der Waals surface area contributed by atoms with Gasteiger partial charge < -0.3 is 10.3 Å². The van der Waals surface area contributed by atoms with E-state index in [0.29, 0.717) is 17.8 Å². The number of nitrogens with one attached hydrogen (secondary N) is 2. The van der Waals surface area contributed by atoms with Gasteiger partial charge in [0.25, 0.3) is 5.91 Å². The summed E-state index contributed by atoms with van der Waals surface area (Å²) < 4.78 is 0. The summed E-state index contributed by atoms with van der Waals surface area (Å²) in [5, 5.41) is 6.58. The Morgan fingerprint density at radius 2 is 2.32 bits per heavy atom. The van der Waals surface area contributed by atoms with Crippen LogP contribution in [0.4, 0.5) is 5.69 Å². The number of aromatic amines is 1. The number of nitrogens with two attached hydrogens (primary N) is 1. The van der Waals surface area contributed by atoms with E-state index in [1.54, 1.807) is 30.4 Å². The Bertz CT molecular complexity index is 564. The second-order valence-corrected chi connectivity index (χ2v) is 4.46. The van der Waals surface area contributed by atoms with Crippen molar-refractivity contribution in [2.24, 2.45) is 5.84 Å². The summed E-state index contributed by atoms with van der Waals surface area (Å²) >= 11 is 0. The minimum atomic E-state index is -0.0853. The lowest BCUT2D eigenvalue weighted by Gasteiger charge is -2.18. The maximum atomic E-state index is 12.4. The van der Waals surface area contributed by atoms with Gasteiger partial charge in [-0.3, -0.25) is 15.7 Å². The van der Waals surface area contributed by atoms with Crippen LogP contribution in [-0.2, 0) is 6.54 Å². The second-order valence-electron chi connectivity index (χ2n) is 4.46. The number of hydrogen-bond acceptors (Lipinski definition) is 4. The molecule has 0 aliphatic rings. The Morgan fingerprint density at radius 3 is 2.95 bits per heavy atom. The van der Waals surface area contributed by atoms with E-state index in [9.17, 15) is 4.79 Å². The molecule has 4 N–H and O–H groups in total. The Kier molecular flexibility index (Phi) is 3.82. The number of anilines is 1. The zero-order chi connectivity index (χ0) is 13.8. The first-order valence-corrected chi connectivity index (χ1v) is 5.92. The molecule has 0 saturated carbocycles. The summed E-state index contributed by atoms with van der Waals surface area (Å²) in [6.07, 6.45) is 3.46. The number of aromatic nitrogens is 2. The number of benzene rings is 1. The molecule has 2 rings (SSSR count). The van der Waals surface area contributed by atoms with Crippen LogP contribution in [0.15, 0.2) is 30.6 Å².